The van der Waals surface area contributed by atoms with Crippen molar-refractivity contribution in [3.63, 3.8) is 0 Å². The van der Waals surface area contributed by atoms with Crippen molar-refractivity contribution in [3.8, 4) is 5.75 Å². The molecule has 0 spiro atoms. The van der Waals surface area contributed by atoms with Crippen molar-refractivity contribution in [2.75, 3.05) is 33.3 Å². The number of methoxy groups -OCH3 is 1. The Morgan fingerprint density at radius 2 is 1.86 bits per heavy atom. The molecule has 1 saturated heterocycles. The van der Waals surface area contributed by atoms with Gasteiger partial charge in [-0.2, -0.15) is 0 Å². The molecule has 2 heterocycles. The minimum Gasteiger partial charge on any atom is -0.497 e. The molecule has 7 nitrogen and oxygen atoms in total. The number of hydrogen-bond acceptors (Lipinski definition) is 5. The average Bonchev–Trinajstić information content (AvgIpc) is 3.28. The standard InChI is InChI=1S/C21H27N3O4/c1-27-18-7-5-16(6-8-18)19(24-10-3-2-4-11-24)13-22-20(25)14-23-21(26)17-9-12-28-15-17/h5-9,12,15,19H,2-4,10-11,13-14H2,1H3,(H,22,25)(H,23,26). The predicted octanol–water partition coefficient (Wildman–Crippen LogP) is 2.36. The lowest BCUT2D eigenvalue weighted by molar-refractivity contribution is -0.120. The van der Waals surface area contributed by atoms with E-state index in [1.165, 1.54) is 31.8 Å². The summed E-state index contributed by atoms with van der Waals surface area (Å²) in [5.41, 5.74) is 1.54. The van der Waals surface area contributed by atoms with E-state index in [9.17, 15) is 9.59 Å². The van der Waals surface area contributed by atoms with Gasteiger partial charge in [-0.3, -0.25) is 14.5 Å². The fourth-order valence-electron chi connectivity index (χ4n) is 3.44. The maximum Gasteiger partial charge on any atom is 0.254 e. The van der Waals surface area contributed by atoms with Gasteiger partial charge in [-0.05, 0) is 49.7 Å². The number of nitrogens with zero attached hydrogens (tertiary/aromatic N) is 1. The summed E-state index contributed by atoms with van der Waals surface area (Å²) >= 11 is 0. The number of likely N-dealkylation sites (tertiary alicyclic amines) is 1. The molecule has 0 radical (unpaired) electrons. The number of carbonyl (C=O) groups excluding carboxylic acids is 2. The third kappa shape index (κ3) is 5.36. The van der Waals surface area contributed by atoms with Crippen LogP contribution in [0.25, 0.3) is 0 Å². The van der Waals surface area contributed by atoms with Crippen molar-refractivity contribution in [1.29, 1.82) is 0 Å². The first-order valence-electron chi connectivity index (χ1n) is 9.62. The zero-order valence-corrected chi connectivity index (χ0v) is 16.1. The summed E-state index contributed by atoms with van der Waals surface area (Å²) in [4.78, 5) is 26.6. The van der Waals surface area contributed by atoms with Crippen LogP contribution in [-0.2, 0) is 4.79 Å². The summed E-state index contributed by atoms with van der Waals surface area (Å²) in [6.45, 7) is 2.46. The van der Waals surface area contributed by atoms with Gasteiger partial charge in [0, 0.05) is 6.54 Å². The second-order valence-electron chi connectivity index (χ2n) is 6.88. The average molecular weight is 385 g/mol. The number of nitrogens with one attached hydrogen (secondary N) is 2. The van der Waals surface area contributed by atoms with Gasteiger partial charge in [0.1, 0.15) is 12.0 Å². The fraction of sp³-hybridized carbons (Fsp3) is 0.429. The number of piperidine rings is 1. The van der Waals surface area contributed by atoms with Gasteiger partial charge in [-0.1, -0.05) is 18.6 Å². The van der Waals surface area contributed by atoms with Gasteiger partial charge in [-0.25, -0.2) is 0 Å². The molecular weight excluding hydrogens is 358 g/mol. The van der Waals surface area contributed by atoms with Crippen molar-refractivity contribution in [3.05, 3.63) is 54.0 Å². The SMILES string of the molecule is COc1ccc(C(CNC(=O)CNC(=O)c2ccoc2)N2CCCCC2)cc1. The zero-order chi connectivity index (χ0) is 19.8. The predicted molar refractivity (Wildman–Crippen MR) is 105 cm³/mol. The highest BCUT2D eigenvalue weighted by molar-refractivity contribution is 5.96. The molecule has 0 saturated carbocycles. The molecule has 150 valence electrons. The topological polar surface area (TPSA) is 83.8 Å². The highest BCUT2D eigenvalue weighted by Crippen LogP contribution is 2.25. The van der Waals surface area contributed by atoms with E-state index in [-0.39, 0.29) is 24.4 Å². The number of hydrogen-bond donors (Lipinski definition) is 2. The van der Waals surface area contributed by atoms with Crippen LogP contribution >= 0.6 is 0 Å². The zero-order valence-electron chi connectivity index (χ0n) is 16.1. The largest absolute Gasteiger partial charge is 0.497 e. The second kappa shape index (κ2) is 9.94. The molecule has 3 rings (SSSR count). The molecule has 1 aromatic heterocycles. The molecule has 1 aliphatic heterocycles. The van der Waals surface area contributed by atoms with Gasteiger partial charge >= 0.3 is 0 Å². The Bertz CT molecular complexity index is 752. The molecule has 0 aliphatic carbocycles. The highest BCUT2D eigenvalue weighted by Gasteiger charge is 2.23. The van der Waals surface area contributed by atoms with E-state index in [0.29, 0.717) is 12.1 Å². The van der Waals surface area contributed by atoms with Crippen LogP contribution in [0.2, 0.25) is 0 Å². The van der Waals surface area contributed by atoms with Crippen LogP contribution in [-0.4, -0.2) is 50.0 Å². The summed E-state index contributed by atoms with van der Waals surface area (Å²) in [6.07, 6.45) is 6.36. The molecule has 7 heteroatoms. The minimum atomic E-state index is -0.327. The molecule has 2 N–H and O–H groups in total. The first-order chi connectivity index (χ1) is 13.7. The van der Waals surface area contributed by atoms with Crippen LogP contribution in [0.1, 0.15) is 41.2 Å². The first-order valence-corrected chi connectivity index (χ1v) is 9.62. The van der Waals surface area contributed by atoms with Crippen LogP contribution in [0.15, 0.2) is 47.3 Å². The van der Waals surface area contributed by atoms with E-state index >= 15 is 0 Å². The van der Waals surface area contributed by atoms with Crippen LogP contribution in [0.4, 0.5) is 0 Å². The van der Waals surface area contributed by atoms with Gasteiger partial charge in [0.2, 0.25) is 5.91 Å². The number of ether oxygens (including phenoxy) is 1. The van der Waals surface area contributed by atoms with Crippen LogP contribution in [0, 0.1) is 0 Å². The van der Waals surface area contributed by atoms with Crippen molar-refractivity contribution in [1.82, 2.24) is 15.5 Å². The Balaban J connectivity index is 1.57. The Hall–Kier alpha value is -2.80. The Morgan fingerprint density at radius 3 is 2.50 bits per heavy atom. The molecule has 1 aromatic carbocycles. The van der Waals surface area contributed by atoms with Crippen molar-refractivity contribution < 1.29 is 18.7 Å². The lowest BCUT2D eigenvalue weighted by Gasteiger charge is -2.35. The highest BCUT2D eigenvalue weighted by atomic mass is 16.5. The smallest absolute Gasteiger partial charge is 0.254 e. The molecule has 1 aliphatic rings. The Kier molecular flexibility index (Phi) is 7.08. The molecule has 0 bridgehead atoms. The maximum absolute atomic E-state index is 12.2. The van der Waals surface area contributed by atoms with Gasteiger partial charge in [0.25, 0.3) is 5.91 Å². The Labute approximate surface area is 165 Å². The lowest BCUT2D eigenvalue weighted by atomic mass is 10.0. The van der Waals surface area contributed by atoms with Crippen molar-refractivity contribution in [2.24, 2.45) is 0 Å². The van der Waals surface area contributed by atoms with Gasteiger partial charge < -0.3 is 19.8 Å². The summed E-state index contributed by atoms with van der Waals surface area (Å²) in [5, 5.41) is 5.56. The molecule has 1 unspecified atom stereocenters. The third-order valence-corrected chi connectivity index (χ3v) is 5.02. The molecule has 2 amide bonds. The number of carbonyl (C=O) groups is 2. The molecule has 1 atom stereocenters. The number of rotatable bonds is 8. The van der Waals surface area contributed by atoms with E-state index in [1.807, 2.05) is 24.3 Å². The van der Waals surface area contributed by atoms with Crippen LogP contribution in [0.5, 0.6) is 5.75 Å². The minimum absolute atomic E-state index is 0.0701. The van der Waals surface area contributed by atoms with Gasteiger partial charge in [0.05, 0.1) is 31.5 Å². The lowest BCUT2D eigenvalue weighted by Crippen LogP contribution is -2.43. The number of furan rings is 1. The Morgan fingerprint density at radius 1 is 1.11 bits per heavy atom. The monoisotopic (exact) mass is 385 g/mol. The summed E-state index contributed by atoms with van der Waals surface area (Å²) in [6, 6.07) is 9.64. The van der Waals surface area contributed by atoms with E-state index in [2.05, 4.69) is 15.5 Å². The van der Waals surface area contributed by atoms with E-state index in [0.717, 1.165) is 24.4 Å². The van der Waals surface area contributed by atoms with Crippen LogP contribution in [0.3, 0.4) is 0 Å². The molecule has 1 fully saturated rings. The quantitative estimate of drug-likeness (QED) is 0.729. The normalized spacial score (nSPS) is 15.6. The van der Waals surface area contributed by atoms with E-state index in [1.54, 1.807) is 13.2 Å². The number of amides is 2. The third-order valence-electron chi connectivity index (χ3n) is 5.02. The molecule has 2 aromatic rings. The van der Waals surface area contributed by atoms with Gasteiger partial charge in [-0.15, -0.1) is 0 Å². The first kappa shape index (κ1) is 19.9. The maximum atomic E-state index is 12.2. The summed E-state index contributed by atoms with van der Waals surface area (Å²) in [7, 11) is 1.65. The van der Waals surface area contributed by atoms with E-state index < -0.39 is 0 Å². The van der Waals surface area contributed by atoms with E-state index in [4.69, 9.17) is 9.15 Å². The van der Waals surface area contributed by atoms with Gasteiger partial charge in [0.15, 0.2) is 0 Å². The van der Waals surface area contributed by atoms with Crippen molar-refractivity contribution in [2.45, 2.75) is 25.3 Å². The molecular formula is C21H27N3O4. The fourth-order valence-corrected chi connectivity index (χ4v) is 3.44. The van der Waals surface area contributed by atoms with Crippen LogP contribution < -0.4 is 15.4 Å². The second-order valence-corrected chi connectivity index (χ2v) is 6.88. The summed E-state index contributed by atoms with van der Waals surface area (Å²) < 4.78 is 10.1. The van der Waals surface area contributed by atoms with Crippen molar-refractivity contribution >= 4 is 11.8 Å². The number of benzene rings is 1. The molecule has 28 heavy (non-hydrogen) atoms. The summed E-state index contributed by atoms with van der Waals surface area (Å²) in [5.74, 6) is 0.270.